The molecule has 1 N–H and O–H groups in total. The number of carbonyl (C=O) groups excluding carboxylic acids is 2. The minimum Gasteiger partial charge on any atom is -0.497 e. The first-order valence-corrected chi connectivity index (χ1v) is 9.92. The molecule has 0 bridgehead atoms. The first-order valence-electron chi connectivity index (χ1n) is 9.92. The number of nitrogens with one attached hydrogen (secondary N) is 1. The van der Waals surface area contributed by atoms with Gasteiger partial charge in [-0.05, 0) is 48.2 Å². The van der Waals surface area contributed by atoms with Crippen molar-refractivity contribution in [3.63, 3.8) is 0 Å². The predicted molar refractivity (Wildman–Crippen MR) is 115 cm³/mol. The molecule has 2 aromatic carbocycles. The van der Waals surface area contributed by atoms with Crippen LogP contribution in [0.5, 0.6) is 11.5 Å². The highest BCUT2D eigenvalue weighted by molar-refractivity contribution is 5.98. The van der Waals surface area contributed by atoms with Gasteiger partial charge in [-0.25, -0.2) is 0 Å². The van der Waals surface area contributed by atoms with Crippen LogP contribution in [0, 0.1) is 0 Å². The van der Waals surface area contributed by atoms with Crippen LogP contribution in [0.3, 0.4) is 0 Å². The van der Waals surface area contributed by atoms with Crippen molar-refractivity contribution in [2.24, 2.45) is 0 Å². The molecule has 2 rings (SSSR count). The van der Waals surface area contributed by atoms with Crippen molar-refractivity contribution < 1.29 is 19.1 Å². The van der Waals surface area contributed by atoms with Gasteiger partial charge < -0.3 is 19.7 Å². The van der Waals surface area contributed by atoms with E-state index in [9.17, 15) is 9.59 Å². The number of para-hydroxylation sites is 1. The number of hydrogen-bond donors (Lipinski definition) is 1. The zero-order valence-corrected chi connectivity index (χ0v) is 17.7. The van der Waals surface area contributed by atoms with Crippen molar-refractivity contribution >= 4 is 17.5 Å². The number of benzene rings is 2. The number of nitrogens with zero attached hydrogens (tertiary/aromatic N) is 1. The summed E-state index contributed by atoms with van der Waals surface area (Å²) >= 11 is 0. The number of ether oxygens (including phenoxy) is 2. The van der Waals surface area contributed by atoms with Gasteiger partial charge in [-0.2, -0.15) is 0 Å². The van der Waals surface area contributed by atoms with Crippen LogP contribution >= 0.6 is 0 Å². The molecule has 0 aromatic heterocycles. The molecule has 0 saturated heterocycles. The Morgan fingerprint density at radius 1 is 0.966 bits per heavy atom. The van der Waals surface area contributed by atoms with E-state index in [1.54, 1.807) is 12.0 Å². The van der Waals surface area contributed by atoms with Gasteiger partial charge in [0.25, 0.3) is 0 Å². The molecule has 2 amide bonds. The van der Waals surface area contributed by atoms with Gasteiger partial charge >= 0.3 is 0 Å². The summed E-state index contributed by atoms with van der Waals surface area (Å²) in [6.45, 7) is 6.27. The van der Waals surface area contributed by atoms with E-state index in [-0.39, 0.29) is 18.4 Å². The van der Waals surface area contributed by atoms with Crippen molar-refractivity contribution in [1.82, 2.24) is 5.32 Å². The highest BCUT2D eigenvalue weighted by atomic mass is 16.5. The summed E-state index contributed by atoms with van der Waals surface area (Å²) in [5.74, 6) is 1.10. The highest BCUT2D eigenvalue weighted by Crippen LogP contribution is 2.27. The normalized spacial score (nSPS) is 10.3. The van der Waals surface area contributed by atoms with Crippen LogP contribution < -0.4 is 19.7 Å². The van der Waals surface area contributed by atoms with Crippen LogP contribution in [0.2, 0.25) is 0 Å². The number of hydrogen-bond acceptors (Lipinski definition) is 4. The Bertz CT molecular complexity index is 796. The van der Waals surface area contributed by atoms with Crippen molar-refractivity contribution in [2.45, 2.75) is 33.6 Å². The molecular weight excluding hydrogens is 368 g/mol. The second kappa shape index (κ2) is 11.1. The Balaban J connectivity index is 1.94. The van der Waals surface area contributed by atoms with E-state index < -0.39 is 0 Å². The number of rotatable bonds is 10. The molecule has 0 aliphatic rings. The maximum absolute atomic E-state index is 12.4. The molecule has 0 fully saturated rings. The van der Waals surface area contributed by atoms with E-state index in [0.717, 1.165) is 35.4 Å². The lowest BCUT2D eigenvalue weighted by molar-refractivity contribution is -0.123. The predicted octanol–water partition coefficient (Wildman–Crippen LogP) is 3.37. The number of aryl methyl sites for hydroxylation is 2. The van der Waals surface area contributed by atoms with Crippen molar-refractivity contribution in [3.05, 3.63) is 53.6 Å². The Kier molecular flexibility index (Phi) is 8.52. The summed E-state index contributed by atoms with van der Waals surface area (Å²) in [6, 6.07) is 13.3. The fourth-order valence-electron chi connectivity index (χ4n) is 3.14. The van der Waals surface area contributed by atoms with E-state index in [0.29, 0.717) is 18.9 Å². The minimum absolute atomic E-state index is 0.0120. The molecule has 0 unspecified atom stereocenters. The zero-order valence-electron chi connectivity index (χ0n) is 17.7. The van der Waals surface area contributed by atoms with Gasteiger partial charge in [0.1, 0.15) is 24.7 Å². The molecule has 6 nitrogen and oxygen atoms in total. The van der Waals surface area contributed by atoms with E-state index in [2.05, 4.69) is 5.32 Å². The van der Waals surface area contributed by atoms with Crippen LogP contribution in [0.25, 0.3) is 0 Å². The largest absolute Gasteiger partial charge is 0.497 e. The second-order valence-electron chi connectivity index (χ2n) is 6.61. The number of anilines is 1. The summed E-state index contributed by atoms with van der Waals surface area (Å²) in [6.07, 6.45) is 1.59. The smallest absolute Gasteiger partial charge is 0.240 e. The van der Waals surface area contributed by atoms with Gasteiger partial charge in [-0.1, -0.05) is 32.0 Å². The molecule has 6 heteroatoms. The van der Waals surface area contributed by atoms with Gasteiger partial charge in [0.2, 0.25) is 11.8 Å². The zero-order chi connectivity index (χ0) is 21.2. The molecule has 0 saturated carbocycles. The van der Waals surface area contributed by atoms with Crippen LogP contribution in [-0.2, 0) is 22.4 Å². The summed E-state index contributed by atoms with van der Waals surface area (Å²) in [5, 5.41) is 2.82. The van der Waals surface area contributed by atoms with Crippen LogP contribution in [-0.4, -0.2) is 38.6 Å². The van der Waals surface area contributed by atoms with Crippen molar-refractivity contribution in [3.8, 4) is 11.5 Å². The summed E-state index contributed by atoms with van der Waals surface area (Å²) in [7, 11) is 1.61. The molecule has 0 aliphatic carbocycles. The van der Waals surface area contributed by atoms with Crippen LogP contribution in [0.1, 0.15) is 31.9 Å². The fourth-order valence-corrected chi connectivity index (χ4v) is 3.14. The van der Waals surface area contributed by atoms with Crippen LogP contribution in [0.15, 0.2) is 42.5 Å². The topological polar surface area (TPSA) is 67.9 Å². The molecule has 0 spiro atoms. The third-order valence-electron chi connectivity index (χ3n) is 4.67. The summed E-state index contributed by atoms with van der Waals surface area (Å²) < 4.78 is 10.7. The van der Waals surface area contributed by atoms with Crippen LogP contribution in [0.4, 0.5) is 5.69 Å². The average Bonchev–Trinajstić information content (AvgIpc) is 2.74. The minimum atomic E-state index is -0.216. The van der Waals surface area contributed by atoms with E-state index in [4.69, 9.17) is 9.47 Å². The molecule has 156 valence electrons. The van der Waals surface area contributed by atoms with E-state index in [1.165, 1.54) is 6.92 Å². The molecule has 0 atom stereocenters. The molecule has 0 aliphatic heterocycles. The third kappa shape index (κ3) is 6.24. The molecular formula is C23H30N2O4. The Hall–Kier alpha value is -3.02. The molecule has 0 radical (unpaired) electrons. The second-order valence-corrected chi connectivity index (χ2v) is 6.61. The number of carbonyl (C=O) groups is 2. The van der Waals surface area contributed by atoms with Crippen molar-refractivity contribution in [2.75, 3.05) is 31.7 Å². The maximum Gasteiger partial charge on any atom is 0.240 e. The highest BCUT2D eigenvalue weighted by Gasteiger charge is 2.20. The lowest BCUT2D eigenvalue weighted by Crippen LogP contribution is -2.41. The Labute approximate surface area is 172 Å². The quantitative estimate of drug-likeness (QED) is 0.623. The van der Waals surface area contributed by atoms with Gasteiger partial charge in [-0.15, -0.1) is 0 Å². The lowest BCUT2D eigenvalue weighted by atomic mass is 10.0. The summed E-state index contributed by atoms with van der Waals surface area (Å²) in [4.78, 5) is 26.3. The maximum atomic E-state index is 12.4. The number of methoxy groups -OCH3 is 1. The van der Waals surface area contributed by atoms with Gasteiger partial charge in [0.05, 0.1) is 19.3 Å². The molecule has 2 aromatic rings. The monoisotopic (exact) mass is 398 g/mol. The van der Waals surface area contributed by atoms with Crippen molar-refractivity contribution in [1.29, 1.82) is 0 Å². The molecule has 0 heterocycles. The first kappa shape index (κ1) is 22.3. The van der Waals surface area contributed by atoms with Gasteiger partial charge in [0, 0.05) is 6.92 Å². The van der Waals surface area contributed by atoms with Gasteiger partial charge in [0.15, 0.2) is 0 Å². The van der Waals surface area contributed by atoms with E-state index in [1.807, 2.05) is 56.3 Å². The molecule has 29 heavy (non-hydrogen) atoms. The average molecular weight is 399 g/mol. The first-order chi connectivity index (χ1) is 14.0. The lowest BCUT2D eigenvalue weighted by Gasteiger charge is -2.26. The Morgan fingerprint density at radius 3 is 2.07 bits per heavy atom. The number of amides is 2. The standard InChI is InChI=1S/C23H30N2O4/c1-5-18-8-7-9-19(6-2)23(18)25(17(3)26)16-22(27)24-14-15-29-21-12-10-20(28-4)11-13-21/h7-13H,5-6,14-16H2,1-4H3,(H,24,27). The third-order valence-corrected chi connectivity index (χ3v) is 4.67. The van der Waals surface area contributed by atoms with Gasteiger partial charge in [-0.3, -0.25) is 9.59 Å². The Morgan fingerprint density at radius 2 is 1.55 bits per heavy atom. The van der Waals surface area contributed by atoms with E-state index >= 15 is 0 Å². The SMILES string of the molecule is CCc1cccc(CC)c1N(CC(=O)NCCOc1ccc(OC)cc1)C(C)=O. The fraction of sp³-hybridized carbons (Fsp3) is 0.391. The summed E-state index contributed by atoms with van der Waals surface area (Å²) in [5.41, 5.74) is 2.99.